The van der Waals surface area contributed by atoms with Crippen molar-refractivity contribution in [3.8, 4) is 11.5 Å². The number of carbonyl (C=O) groups excluding carboxylic acids is 1. The molecule has 2 aromatic carbocycles. The second kappa shape index (κ2) is 13.6. The Hall–Kier alpha value is -2.70. The van der Waals surface area contributed by atoms with Gasteiger partial charge in [0.2, 0.25) is 5.91 Å². The molecule has 7 heteroatoms. The molecule has 2 aliphatic rings. The molecule has 0 spiro atoms. The highest BCUT2D eigenvalue weighted by Crippen LogP contribution is 2.39. The van der Waals surface area contributed by atoms with Crippen LogP contribution in [0.1, 0.15) is 81.3 Å². The van der Waals surface area contributed by atoms with E-state index in [9.17, 15) is 4.79 Å². The summed E-state index contributed by atoms with van der Waals surface area (Å²) in [4.78, 5) is 13.5. The molecule has 2 fully saturated rings. The minimum atomic E-state index is -0.123. The van der Waals surface area contributed by atoms with Crippen molar-refractivity contribution in [1.29, 1.82) is 0 Å². The quantitative estimate of drug-likeness (QED) is 0.314. The maximum absolute atomic E-state index is 13.5. The van der Waals surface area contributed by atoms with Crippen molar-refractivity contribution >= 4 is 29.2 Å². The molecule has 3 aromatic rings. The molecule has 1 unspecified atom stereocenters. The Morgan fingerprint density at radius 1 is 0.974 bits per heavy atom. The highest BCUT2D eigenvalue weighted by Gasteiger charge is 2.27. The average molecular weight is 554 g/mol. The summed E-state index contributed by atoms with van der Waals surface area (Å²) in [6.45, 7) is 1.03. The first-order valence-electron chi connectivity index (χ1n) is 14.4. The molecular formula is C32H44ClN3O3. The standard InChI is InChI=1S/C32H43N3O3.ClH/c1-37-26-16-23(17-27(18-26)38-2)29(19-32(36)34-25-14-12-24(33)13-15-25)30-21-35(20-22-8-4-3-5-9-22)31-11-7-6-10-28(30)31;/h6-7,10-11,16-18,21-22,24-25,29H,3-5,8-9,12-15,19-20,33H2,1-2H3,(H,34,36);1H. The molecule has 1 atom stereocenters. The molecule has 39 heavy (non-hydrogen) atoms. The SMILES string of the molecule is COc1cc(OC)cc(C(CC(=O)NC2CCC(N)CC2)c2cn(CC3CCCCC3)c3ccccc23)c1.Cl. The van der Waals surface area contributed by atoms with Crippen molar-refractivity contribution in [3.05, 3.63) is 59.8 Å². The zero-order valence-electron chi connectivity index (χ0n) is 23.4. The van der Waals surface area contributed by atoms with Crippen LogP contribution < -0.4 is 20.5 Å². The predicted octanol–water partition coefficient (Wildman–Crippen LogP) is 6.57. The van der Waals surface area contributed by atoms with Crippen LogP contribution >= 0.6 is 12.4 Å². The van der Waals surface area contributed by atoms with Crippen molar-refractivity contribution < 1.29 is 14.3 Å². The number of hydrogen-bond acceptors (Lipinski definition) is 4. The molecule has 6 nitrogen and oxygen atoms in total. The van der Waals surface area contributed by atoms with E-state index in [1.165, 1.54) is 48.6 Å². The third-order valence-electron chi connectivity index (χ3n) is 8.68. The number of amides is 1. The van der Waals surface area contributed by atoms with Crippen molar-refractivity contribution in [2.45, 2.75) is 88.8 Å². The van der Waals surface area contributed by atoms with Crippen molar-refractivity contribution in [1.82, 2.24) is 9.88 Å². The number of carbonyl (C=O) groups is 1. The van der Waals surface area contributed by atoms with Gasteiger partial charge in [-0.05, 0) is 73.8 Å². The third-order valence-corrected chi connectivity index (χ3v) is 8.68. The molecule has 1 amide bonds. The molecule has 2 saturated carbocycles. The first-order chi connectivity index (χ1) is 18.5. The minimum absolute atomic E-state index is 0. The van der Waals surface area contributed by atoms with E-state index < -0.39 is 0 Å². The molecule has 1 heterocycles. The van der Waals surface area contributed by atoms with Crippen LogP contribution in [0.5, 0.6) is 11.5 Å². The van der Waals surface area contributed by atoms with E-state index in [0.29, 0.717) is 12.3 Å². The van der Waals surface area contributed by atoms with E-state index >= 15 is 0 Å². The fourth-order valence-electron chi connectivity index (χ4n) is 6.53. The van der Waals surface area contributed by atoms with Gasteiger partial charge in [0.05, 0.1) is 14.2 Å². The molecule has 212 valence electrons. The minimum Gasteiger partial charge on any atom is -0.497 e. The summed E-state index contributed by atoms with van der Waals surface area (Å²) in [5, 5.41) is 4.54. The van der Waals surface area contributed by atoms with Gasteiger partial charge in [-0.1, -0.05) is 37.5 Å². The molecule has 0 bridgehead atoms. The van der Waals surface area contributed by atoms with Gasteiger partial charge in [0.1, 0.15) is 11.5 Å². The average Bonchev–Trinajstić information content (AvgIpc) is 3.31. The molecule has 2 aliphatic carbocycles. The van der Waals surface area contributed by atoms with Crippen LogP contribution in [0.3, 0.4) is 0 Å². The van der Waals surface area contributed by atoms with Crippen LogP contribution in [0.4, 0.5) is 0 Å². The number of fused-ring (bicyclic) bond motifs is 1. The van der Waals surface area contributed by atoms with Gasteiger partial charge in [-0.25, -0.2) is 0 Å². The van der Waals surface area contributed by atoms with Crippen molar-refractivity contribution in [2.75, 3.05) is 14.2 Å². The Kier molecular flexibility index (Phi) is 10.2. The zero-order valence-corrected chi connectivity index (χ0v) is 24.2. The van der Waals surface area contributed by atoms with Gasteiger partial charge in [-0.2, -0.15) is 0 Å². The normalized spacial score (nSPS) is 20.7. The van der Waals surface area contributed by atoms with Crippen molar-refractivity contribution in [2.24, 2.45) is 11.7 Å². The summed E-state index contributed by atoms with van der Waals surface area (Å²) < 4.78 is 13.7. The van der Waals surface area contributed by atoms with Gasteiger partial charge in [-0.15, -0.1) is 12.4 Å². The van der Waals surface area contributed by atoms with Crippen LogP contribution in [0.2, 0.25) is 0 Å². The number of nitrogens with zero attached hydrogens (tertiary/aromatic N) is 1. The number of nitrogens with one attached hydrogen (secondary N) is 1. The molecule has 1 aromatic heterocycles. The smallest absolute Gasteiger partial charge is 0.221 e. The summed E-state index contributed by atoms with van der Waals surface area (Å²) in [7, 11) is 3.34. The molecule has 5 rings (SSSR count). The van der Waals surface area contributed by atoms with Crippen LogP contribution in [0.25, 0.3) is 10.9 Å². The largest absolute Gasteiger partial charge is 0.497 e. The summed E-state index contributed by atoms with van der Waals surface area (Å²) in [6, 6.07) is 15.1. The van der Waals surface area contributed by atoms with Crippen LogP contribution in [0.15, 0.2) is 48.7 Å². The lowest BCUT2D eigenvalue weighted by atomic mass is 9.87. The van der Waals surface area contributed by atoms with E-state index in [-0.39, 0.29) is 36.3 Å². The molecular weight excluding hydrogens is 510 g/mol. The fraction of sp³-hybridized carbons (Fsp3) is 0.531. The van der Waals surface area contributed by atoms with Crippen LogP contribution in [-0.2, 0) is 11.3 Å². The van der Waals surface area contributed by atoms with Gasteiger partial charge in [-0.3, -0.25) is 4.79 Å². The van der Waals surface area contributed by atoms with Crippen molar-refractivity contribution in [3.63, 3.8) is 0 Å². The monoisotopic (exact) mass is 553 g/mol. The first kappa shape index (κ1) is 29.3. The van der Waals surface area contributed by atoms with Gasteiger partial charge in [0.25, 0.3) is 0 Å². The number of aromatic nitrogens is 1. The van der Waals surface area contributed by atoms with E-state index in [4.69, 9.17) is 15.2 Å². The van der Waals surface area contributed by atoms with E-state index in [1.807, 2.05) is 18.2 Å². The number of rotatable bonds is 9. The first-order valence-corrected chi connectivity index (χ1v) is 14.4. The number of hydrogen-bond donors (Lipinski definition) is 2. The van der Waals surface area contributed by atoms with Gasteiger partial charge < -0.3 is 25.1 Å². The number of methoxy groups -OCH3 is 2. The van der Waals surface area contributed by atoms with Crippen LogP contribution in [0, 0.1) is 5.92 Å². The fourth-order valence-corrected chi connectivity index (χ4v) is 6.53. The highest BCUT2D eigenvalue weighted by molar-refractivity contribution is 5.87. The Morgan fingerprint density at radius 3 is 2.31 bits per heavy atom. The van der Waals surface area contributed by atoms with Crippen LogP contribution in [-0.4, -0.2) is 36.8 Å². The van der Waals surface area contributed by atoms with Gasteiger partial charge >= 0.3 is 0 Å². The molecule has 3 N–H and O–H groups in total. The Balaban J connectivity index is 0.00000353. The molecule has 0 aliphatic heterocycles. The summed E-state index contributed by atoms with van der Waals surface area (Å²) in [6.07, 6.45) is 13.1. The maximum atomic E-state index is 13.5. The highest BCUT2D eigenvalue weighted by atomic mass is 35.5. The predicted molar refractivity (Wildman–Crippen MR) is 160 cm³/mol. The third kappa shape index (κ3) is 7.09. The summed E-state index contributed by atoms with van der Waals surface area (Å²) in [5.74, 6) is 2.14. The second-order valence-electron chi connectivity index (χ2n) is 11.3. The maximum Gasteiger partial charge on any atom is 0.221 e. The van der Waals surface area contributed by atoms with Gasteiger partial charge in [0, 0.05) is 54.1 Å². The molecule has 0 saturated heterocycles. The zero-order chi connectivity index (χ0) is 26.5. The van der Waals surface area contributed by atoms with E-state index in [0.717, 1.165) is 49.3 Å². The number of para-hydroxylation sites is 1. The van der Waals surface area contributed by atoms with E-state index in [2.05, 4.69) is 40.3 Å². The Labute approximate surface area is 239 Å². The number of nitrogens with two attached hydrogens (primary N) is 1. The summed E-state index contributed by atoms with van der Waals surface area (Å²) >= 11 is 0. The number of ether oxygens (including phenoxy) is 2. The number of halogens is 1. The Bertz CT molecular complexity index is 1210. The second-order valence-corrected chi connectivity index (χ2v) is 11.3. The number of benzene rings is 2. The topological polar surface area (TPSA) is 78.5 Å². The lowest BCUT2D eigenvalue weighted by Gasteiger charge is -2.27. The lowest BCUT2D eigenvalue weighted by molar-refractivity contribution is -0.122. The van der Waals surface area contributed by atoms with Gasteiger partial charge in [0.15, 0.2) is 0 Å². The van der Waals surface area contributed by atoms with E-state index in [1.54, 1.807) is 14.2 Å². The molecule has 0 radical (unpaired) electrons. The lowest BCUT2D eigenvalue weighted by Crippen LogP contribution is -2.40. The Morgan fingerprint density at radius 2 is 1.64 bits per heavy atom. The summed E-state index contributed by atoms with van der Waals surface area (Å²) in [5.41, 5.74) is 9.56.